The average Bonchev–Trinajstić information content (AvgIpc) is 2.75. The van der Waals surface area contributed by atoms with Gasteiger partial charge in [0.25, 0.3) is 0 Å². The Morgan fingerprint density at radius 2 is 1.26 bits per heavy atom. The molecule has 0 bridgehead atoms. The van der Waals surface area contributed by atoms with E-state index in [0.717, 1.165) is 22.3 Å². The molecule has 0 amide bonds. The van der Waals surface area contributed by atoms with Gasteiger partial charge in [0.2, 0.25) is 0 Å². The normalized spacial score (nSPS) is 10.5. The van der Waals surface area contributed by atoms with Gasteiger partial charge in [-0.25, -0.2) is 0 Å². The van der Waals surface area contributed by atoms with Crippen LogP contribution in [-0.2, 0) is 0 Å². The highest BCUT2D eigenvalue weighted by Gasteiger charge is 1.89. The minimum Gasteiger partial charge on any atom is -0.0978 e. The van der Waals surface area contributed by atoms with E-state index in [2.05, 4.69) is 30.3 Å². The number of rotatable bonds is 3. The maximum atomic E-state index is 3.77. The predicted molar refractivity (Wildman–Crippen MR) is 125 cm³/mol. The van der Waals surface area contributed by atoms with Crippen LogP contribution in [0.25, 0.3) is 0 Å². The second kappa shape index (κ2) is 19.4. The second-order valence-corrected chi connectivity index (χ2v) is 4.67. The molecule has 0 radical (unpaired) electrons. The first kappa shape index (κ1) is 26.3. The highest BCUT2D eigenvalue weighted by Crippen LogP contribution is 2.04. The van der Waals surface area contributed by atoms with Crippen LogP contribution in [0.1, 0.15) is 59.6 Å². The van der Waals surface area contributed by atoms with Gasteiger partial charge in [-0.1, -0.05) is 94.4 Å². The molecule has 0 spiro atoms. The molecule has 0 aliphatic heterocycles. The van der Waals surface area contributed by atoms with Crippen molar-refractivity contribution in [3.05, 3.63) is 95.6 Å². The number of hydrogen-bond acceptors (Lipinski definition) is 0. The Kier molecular flexibility index (Phi) is 18.8. The van der Waals surface area contributed by atoms with Gasteiger partial charge in [0.05, 0.1) is 0 Å². The SMILES string of the molecule is C=C/C(C#Cc1ccc(C#CC(/C=C\C)=C/C)cc1)=C\C=C/C.CC.CC. The van der Waals surface area contributed by atoms with Crippen LogP contribution >= 0.6 is 0 Å². The summed E-state index contributed by atoms with van der Waals surface area (Å²) in [5, 5.41) is 0. The van der Waals surface area contributed by atoms with E-state index in [9.17, 15) is 0 Å². The van der Waals surface area contributed by atoms with E-state index >= 15 is 0 Å². The lowest BCUT2D eigenvalue weighted by molar-refractivity contribution is 1.50. The Bertz CT molecular complexity index is 755. The fourth-order valence-electron chi connectivity index (χ4n) is 1.68. The highest BCUT2D eigenvalue weighted by atomic mass is 13.9. The molecule has 0 nitrogen and oxygen atoms in total. The molecule has 0 aromatic heterocycles. The van der Waals surface area contributed by atoms with Crippen molar-refractivity contribution in [2.75, 3.05) is 0 Å². The fourth-order valence-corrected chi connectivity index (χ4v) is 1.68. The maximum absolute atomic E-state index is 3.77. The molecule has 0 heteroatoms. The molecule has 0 saturated carbocycles. The van der Waals surface area contributed by atoms with Crippen molar-refractivity contribution in [1.29, 1.82) is 0 Å². The highest BCUT2D eigenvalue weighted by molar-refractivity contribution is 5.49. The third kappa shape index (κ3) is 13.0. The zero-order valence-electron chi connectivity index (χ0n) is 18.1. The summed E-state index contributed by atoms with van der Waals surface area (Å²) >= 11 is 0. The quantitative estimate of drug-likeness (QED) is 0.384. The lowest BCUT2D eigenvalue weighted by atomic mass is 10.1. The van der Waals surface area contributed by atoms with Crippen molar-refractivity contribution in [3.8, 4) is 23.7 Å². The molecule has 1 aromatic rings. The monoisotopic (exact) mass is 358 g/mol. The van der Waals surface area contributed by atoms with Crippen molar-refractivity contribution < 1.29 is 0 Å². The van der Waals surface area contributed by atoms with Crippen LogP contribution in [0.3, 0.4) is 0 Å². The van der Waals surface area contributed by atoms with Gasteiger partial charge in [0.15, 0.2) is 0 Å². The molecule has 1 aromatic carbocycles. The molecule has 142 valence electrons. The van der Waals surface area contributed by atoms with Crippen LogP contribution < -0.4 is 0 Å². The van der Waals surface area contributed by atoms with Gasteiger partial charge in [0, 0.05) is 22.3 Å². The Labute approximate surface area is 168 Å². The predicted octanol–water partition coefficient (Wildman–Crippen LogP) is 7.65. The van der Waals surface area contributed by atoms with Crippen molar-refractivity contribution in [3.63, 3.8) is 0 Å². The standard InChI is InChI=1S/C23H22.2C2H6/c1-5-9-11-21(8-4)13-15-23-18-16-22(17-19-23)14-12-20(7-3)10-6-2;2*1-2/h5-11,16-19H,4H2,1-3H3;2*1-2H3/b9-5-,10-6-,20-7+,21-11+;;. The van der Waals surface area contributed by atoms with Crippen molar-refractivity contribution in [2.24, 2.45) is 0 Å². The van der Waals surface area contributed by atoms with Crippen molar-refractivity contribution in [1.82, 2.24) is 0 Å². The summed E-state index contributed by atoms with van der Waals surface area (Å²) < 4.78 is 0. The van der Waals surface area contributed by atoms with E-state index in [0.29, 0.717) is 0 Å². The van der Waals surface area contributed by atoms with E-state index in [4.69, 9.17) is 0 Å². The molecule has 0 heterocycles. The molecule has 27 heavy (non-hydrogen) atoms. The Hall–Kier alpha value is -2.96. The zero-order chi connectivity index (χ0) is 20.9. The second-order valence-electron chi connectivity index (χ2n) is 4.67. The lowest BCUT2D eigenvalue weighted by Gasteiger charge is -1.93. The topological polar surface area (TPSA) is 0 Å². The van der Waals surface area contributed by atoms with Crippen molar-refractivity contribution >= 4 is 0 Å². The van der Waals surface area contributed by atoms with E-state index in [1.54, 1.807) is 6.08 Å². The molecule has 0 fully saturated rings. The van der Waals surface area contributed by atoms with Gasteiger partial charge in [-0.05, 0) is 51.1 Å². The maximum Gasteiger partial charge on any atom is 0.0249 e. The fraction of sp³-hybridized carbons (Fsp3) is 0.259. The Balaban J connectivity index is 0. The van der Waals surface area contributed by atoms with Crippen LogP contribution in [0, 0.1) is 23.7 Å². The third-order valence-corrected chi connectivity index (χ3v) is 2.93. The minimum atomic E-state index is 0.899. The summed E-state index contributed by atoms with van der Waals surface area (Å²) in [6, 6.07) is 7.95. The zero-order valence-corrected chi connectivity index (χ0v) is 18.1. The summed E-state index contributed by atoms with van der Waals surface area (Å²) in [5.41, 5.74) is 3.86. The number of hydrogen-bond donors (Lipinski definition) is 0. The van der Waals surface area contributed by atoms with Crippen LogP contribution in [0.4, 0.5) is 0 Å². The van der Waals surface area contributed by atoms with E-state index in [1.807, 2.05) is 109 Å². The first-order valence-electron chi connectivity index (χ1n) is 9.62. The molecular formula is C27H34. The minimum absolute atomic E-state index is 0.899. The average molecular weight is 359 g/mol. The first-order chi connectivity index (χ1) is 13.2. The van der Waals surface area contributed by atoms with Gasteiger partial charge < -0.3 is 0 Å². The van der Waals surface area contributed by atoms with E-state index in [-0.39, 0.29) is 0 Å². The smallest absolute Gasteiger partial charge is 0.0249 e. The largest absolute Gasteiger partial charge is 0.0978 e. The van der Waals surface area contributed by atoms with Gasteiger partial charge in [-0.2, -0.15) is 0 Å². The summed E-state index contributed by atoms with van der Waals surface area (Å²) in [5.74, 6) is 12.5. The van der Waals surface area contributed by atoms with Crippen LogP contribution in [-0.4, -0.2) is 0 Å². The lowest BCUT2D eigenvalue weighted by Crippen LogP contribution is -1.79. The summed E-state index contributed by atoms with van der Waals surface area (Å²) in [7, 11) is 0. The van der Waals surface area contributed by atoms with Gasteiger partial charge in [-0.3, -0.25) is 0 Å². The third-order valence-electron chi connectivity index (χ3n) is 2.93. The van der Waals surface area contributed by atoms with Gasteiger partial charge in [0.1, 0.15) is 0 Å². The van der Waals surface area contributed by atoms with Crippen LogP contribution in [0.15, 0.2) is 84.5 Å². The molecular weight excluding hydrogens is 324 g/mol. The Morgan fingerprint density at radius 1 is 0.778 bits per heavy atom. The molecule has 0 aliphatic rings. The van der Waals surface area contributed by atoms with Gasteiger partial charge >= 0.3 is 0 Å². The van der Waals surface area contributed by atoms with Crippen molar-refractivity contribution in [2.45, 2.75) is 48.5 Å². The van der Waals surface area contributed by atoms with E-state index < -0.39 is 0 Å². The summed E-state index contributed by atoms with van der Waals surface area (Å²) in [6.45, 7) is 17.7. The molecule has 0 unspecified atom stereocenters. The molecule has 0 atom stereocenters. The van der Waals surface area contributed by atoms with Crippen LogP contribution in [0.5, 0.6) is 0 Å². The summed E-state index contributed by atoms with van der Waals surface area (Å²) in [6.07, 6.45) is 13.6. The molecule has 1 rings (SSSR count). The summed E-state index contributed by atoms with van der Waals surface area (Å²) in [4.78, 5) is 0. The number of allylic oxidation sites excluding steroid dienone is 9. The molecule has 0 aliphatic carbocycles. The molecule has 0 saturated heterocycles. The molecule has 0 N–H and O–H groups in total. The van der Waals surface area contributed by atoms with Crippen LogP contribution in [0.2, 0.25) is 0 Å². The Morgan fingerprint density at radius 3 is 1.63 bits per heavy atom. The van der Waals surface area contributed by atoms with Gasteiger partial charge in [-0.15, -0.1) is 0 Å². The first-order valence-corrected chi connectivity index (χ1v) is 9.62. The number of benzene rings is 1. The van der Waals surface area contributed by atoms with E-state index in [1.165, 1.54) is 0 Å².